The zero-order valence-electron chi connectivity index (χ0n) is 12.7. The van der Waals surface area contributed by atoms with Crippen LogP contribution in [-0.4, -0.2) is 23.5 Å². The molecule has 1 aromatic heterocycles. The molecule has 1 saturated carbocycles. The minimum Gasteiger partial charge on any atom is -0.347 e. The van der Waals surface area contributed by atoms with Crippen LogP contribution in [0.15, 0.2) is 5.38 Å². The van der Waals surface area contributed by atoms with Crippen molar-refractivity contribution in [2.45, 2.75) is 64.0 Å². The summed E-state index contributed by atoms with van der Waals surface area (Å²) in [5, 5.41) is 9.48. The first-order valence-electron chi connectivity index (χ1n) is 7.45. The highest BCUT2D eigenvalue weighted by Gasteiger charge is 2.32. The number of hydrogen-bond donors (Lipinski definition) is 2. The molecule has 112 valence electrons. The molecule has 5 heteroatoms. The van der Waals surface area contributed by atoms with Gasteiger partial charge < -0.3 is 10.6 Å². The maximum atomic E-state index is 12.3. The summed E-state index contributed by atoms with van der Waals surface area (Å²) < 4.78 is 0. The molecule has 1 fully saturated rings. The molecular formula is C15H25N3OS. The Morgan fingerprint density at radius 3 is 2.70 bits per heavy atom. The van der Waals surface area contributed by atoms with Crippen LogP contribution in [0.4, 0.5) is 0 Å². The number of hydrogen-bond acceptors (Lipinski definition) is 4. The van der Waals surface area contributed by atoms with E-state index in [1.54, 1.807) is 11.3 Å². The fourth-order valence-corrected chi connectivity index (χ4v) is 3.78. The Kier molecular flexibility index (Phi) is 5.16. The van der Waals surface area contributed by atoms with Gasteiger partial charge in [0.2, 0.25) is 5.91 Å². The van der Waals surface area contributed by atoms with Gasteiger partial charge in [-0.2, -0.15) is 0 Å². The van der Waals surface area contributed by atoms with Crippen molar-refractivity contribution in [1.82, 2.24) is 15.6 Å². The van der Waals surface area contributed by atoms with Crippen molar-refractivity contribution in [3.8, 4) is 0 Å². The standard InChI is InChI=1S/C15H25N3OS/c1-11-10-20-14(17-11)12(2)18-13(19)9-15(16-3)7-5-4-6-8-15/h10,12,16H,4-9H2,1-3H3,(H,18,19). The maximum absolute atomic E-state index is 12.3. The molecule has 1 unspecified atom stereocenters. The molecule has 20 heavy (non-hydrogen) atoms. The summed E-state index contributed by atoms with van der Waals surface area (Å²) in [7, 11) is 1.98. The van der Waals surface area contributed by atoms with Crippen molar-refractivity contribution >= 4 is 17.2 Å². The second-order valence-electron chi connectivity index (χ2n) is 5.88. The van der Waals surface area contributed by atoms with E-state index in [0.29, 0.717) is 6.42 Å². The summed E-state index contributed by atoms with van der Waals surface area (Å²) >= 11 is 1.61. The summed E-state index contributed by atoms with van der Waals surface area (Å²) in [6.45, 7) is 3.98. The molecule has 0 bridgehead atoms. The molecule has 2 rings (SSSR count). The van der Waals surface area contributed by atoms with E-state index in [9.17, 15) is 4.79 Å². The van der Waals surface area contributed by atoms with Gasteiger partial charge in [-0.3, -0.25) is 4.79 Å². The summed E-state index contributed by atoms with van der Waals surface area (Å²) in [5.41, 5.74) is 1.02. The molecule has 0 spiro atoms. The SMILES string of the molecule is CNC1(CC(=O)NC(C)c2nc(C)cs2)CCCCC1. The first-order chi connectivity index (χ1) is 9.54. The van der Waals surface area contributed by atoms with E-state index < -0.39 is 0 Å². The number of nitrogens with zero attached hydrogens (tertiary/aromatic N) is 1. The Hall–Kier alpha value is -0.940. The molecule has 1 atom stereocenters. The normalized spacial score (nSPS) is 19.6. The summed E-state index contributed by atoms with van der Waals surface area (Å²) in [6, 6.07) is -0.00121. The predicted octanol–water partition coefficient (Wildman–Crippen LogP) is 2.94. The fourth-order valence-electron chi connectivity index (χ4n) is 2.98. The minimum absolute atomic E-state index is 0.000842. The molecule has 0 saturated heterocycles. The Bertz CT molecular complexity index is 452. The first-order valence-corrected chi connectivity index (χ1v) is 8.33. The molecular weight excluding hydrogens is 270 g/mol. The number of aryl methyl sites for hydroxylation is 1. The van der Waals surface area contributed by atoms with Crippen LogP contribution in [0.25, 0.3) is 0 Å². The third-order valence-corrected chi connectivity index (χ3v) is 5.37. The molecule has 1 aliphatic rings. The molecule has 1 aliphatic carbocycles. The summed E-state index contributed by atoms with van der Waals surface area (Å²) in [6.07, 6.45) is 6.49. The largest absolute Gasteiger partial charge is 0.347 e. The average molecular weight is 295 g/mol. The highest BCUT2D eigenvalue weighted by Crippen LogP contribution is 2.31. The predicted molar refractivity (Wildman–Crippen MR) is 82.9 cm³/mol. The third kappa shape index (κ3) is 3.79. The number of carbonyl (C=O) groups excluding carboxylic acids is 1. The van der Waals surface area contributed by atoms with Gasteiger partial charge >= 0.3 is 0 Å². The van der Waals surface area contributed by atoms with E-state index in [2.05, 4.69) is 15.6 Å². The third-order valence-electron chi connectivity index (χ3n) is 4.22. The van der Waals surface area contributed by atoms with Gasteiger partial charge in [-0.15, -0.1) is 11.3 Å². The van der Waals surface area contributed by atoms with Crippen LogP contribution in [0.2, 0.25) is 0 Å². The smallest absolute Gasteiger partial charge is 0.222 e. The molecule has 4 nitrogen and oxygen atoms in total. The summed E-state index contributed by atoms with van der Waals surface area (Å²) in [4.78, 5) is 16.7. The Balaban J connectivity index is 1.91. The van der Waals surface area contributed by atoms with E-state index in [1.165, 1.54) is 19.3 Å². The molecule has 1 amide bonds. The Morgan fingerprint density at radius 1 is 1.45 bits per heavy atom. The summed E-state index contributed by atoms with van der Waals surface area (Å²) in [5.74, 6) is 0.126. The van der Waals surface area contributed by atoms with Gasteiger partial charge in [0.25, 0.3) is 0 Å². The monoisotopic (exact) mass is 295 g/mol. The number of aromatic nitrogens is 1. The van der Waals surface area contributed by atoms with Gasteiger partial charge in [0.15, 0.2) is 0 Å². The number of rotatable bonds is 5. The van der Waals surface area contributed by atoms with Gasteiger partial charge in [-0.25, -0.2) is 4.98 Å². The van der Waals surface area contributed by atoms with E-state index in [1.807, 2.05) is 26.3 Å². The quantitative estimate of drug-likeness (QED) is 0.878. The lowest BCUT2D eigenvalue weighted by atomic mass is 9.79. The zero-order valence-corrected chi connectivity index (χ0v) is 13.5. The van der Waals surface area contributed by atoms with Crippen LogP contribution in [0.3, 0.4) is 0 Å². The number of nitrogens with one attached hydrogen (secondary N) is 2. The second kappa shape index (κ2) is 6.68. The molecule has 0 aliphatic heterocycles. The topological polar surface area (TPSA) is 54.0 Å². The average Bonchev–Trinajstić information content (AvgIpc) is 2.86. The van der Waals surface area contributed by atoms with Crippen LogP contribution in [0, 0.1) is 6.92 Å². The van der Waals surface area contributed by atoms with Crippen molar-refractivity contribution in [2.75, 3.05) is 7.05 Å². The lowest BCUT2D eigenvalue weighted by molar-refractivity contribution is -0.123. The van der Waals surface area contributed by atoms with Gasteiger partial charge in [0, 0.05) is 23.0 Å². The Morgan fingerprint density at radius 2 is 2.15 bits per heavy atom. The number of amides is 1. The van der Waals surface area contributed by atoms with Crippen molar-refractivity contribution in [3.05, 3.63) is 16.1 Å². The van der Waals surface area contributed by atoms with E-state index in [-0.39, 0.29) is 17.5 Å². The zero-order chi connectivity index (χ0) is 14.6. The van der Waals surface area contributed by atoms with Crippen LogP contribution in [0.1, 0.15) is 62.2 Å². The van der Waals surface area contributed by atoms with Crippen molar-refractivity contribution in [2.24, 2.45) is 0 Å². The lowest BCUT2D eigenvalue weighted by Gasteiger charge is -2.36. The van der Waals surface area contributed by atoms with Crippen LogP contribution >= 0.6 is 11.3 Å². The van der Waals surface area contributed by atoms with Gasteiger partial charge in [-0.05, 0) is 33.7 Å². The molecule has 0 radical (unpaired) electrons. The lowest BCUT2D eigenvalue weighted by Crippen LogP contribution is -2.48. The van der Waals surface area contributed by atoms with Crippen molar-refractivity contribution in [1.29, 1.82) is 0 Å². The Labute approximate surface area is 125 Å². The number of carbonyl (C=O) groups is 1. The van der Waals surface area contributed by atoms with Crippen LogP contribution < -0.4 is 10.6 Å². The van der Waals surface area contributed by atoms with E-state index in [4.69, 9.17) is 0 Å². The van der Waals surface area contributed by atoms with E-state index in [0.717, 1.165) is 23.5 Å². The first kappa shape index (κ1) is 15.4. The molecule has 1 aromatic rings. The van der Waals surface area contributed by atoms with Crippen molar-refractivity contribution in [3.63, 3.8) is 0 Å². The van der Waals surface area contributed by atoms with E-state index >= 15 is 0 Å². The van der Waals surface area contributed by atoms with Crippen molar-refractivity contribution < 1.29 is 4.79 Å². The molecule has 1 heterocycles. The molecule has 0 aromatic carbocycles. The van der Waals surface area contributed by atoms with Crippen LogP contribution in [-0.2, 0) is 4.79 Å². The van der Waals surface area contributed by atoms with Gasteiger partial charge in [0.1, 0.15) is 5.01 Å². The molecule has 2 N–H and O–H groups in total. The number of thiazole rings is 1. The van der Waals surface area contributed by atoms with Gasteiger partial charge in [0.05, 0.1) is 6.04 Å². The van der Waals surface area contributed by atoms with Gasteiger partial charge in [-0.1, -0.05) is 19.3 Å². The minimum atomic E-state index is -0.00121. The maximum Gasteiger partial charge on any atom is 0.222 e. The second-order valence-corrected chi connectivity index (χ2v) is 6.77. The van der Waals surface area contributed by atoms with Crippen LogP contribution in [0.5, 0.6) is 0 Å². The fraction of sp³-hybridized carbons (Fsp3) is 0.733. The highest BCUT2D eigenvalue weighted by atomic mass is 32.1. The highest BCUT2D eigenvalue weighted by molar-refractivity contribution is 7.09.